The second-order valence-electron chi connectivity index (χ2n) is 16.7. The molecule has 0 saturated carbocycles. The van der Waals surface area contributed by atoms with E-state index in [4.69, 9.17) is 42.6 Å². The van der Waals surface area contributed by atoms with Gasteiger partial charge in [0.2, 0.25) is 0 Å². The molecule has 0 N–H and O–H groups in total. The lowest BCUT2D eigenvalue weighted by molar-refractivity contribution is -0.169. The van der Waals surface area contributed by atoms with Crippen molar-refractivity contribution >= 4 is 81.0 Å². The van der Waals surface area contributed by atoms with Gasteiger partial charge in [0.1, 0.15) is 21.1 Å². The lowest BCUT2D eigenvalue weighted by Gasteiger charge is -2.47. The number of aryl methyl sites for hydroxylation is 2. The Morgan fingerprint density at radius 2 is 0.955 bits per heavy atom. The van der Waals surface area contributed by atoms with Gasteiger partial charge in [-0.3, -0.25) is 29.2 Å². The van der Waals surface area contributed by atoms with Crippen LogP contribution in [0.2, 0.25) is 10.0 Å². The fourth-order valence-electron chi connectivity index (χ4n) is 9.04. The van der Waals surface area contributed by atoms with Gasteiger partial charge in [-0.05, 0) is 87.1 Å². The monoisotopic (exact) mass is 964 g/mol. The van der Waals surface area contributed by atoms with Gasteiger partial charge in [-0.2, -0.15) is 0 Å². The Labute approximate surface area is 402 Å². The van der Waals surface area contributed by atoms with Gasteiger partial charge in [-0.15, -0.1) is 22.7 Å². The average Bonchev–Trinajstić information content (AvgIpc) is 3.98. The van der Waals surface area contributed by atoms with E-state index in [0.29, 0.717) is 73.3 Å². The number of carbonyl (C=O) groups excluding carboxylic acids is 4. The summed E-state index contributed by atoms with van der Waals surface area (Å²) in [6, 6.07) is 34.3. The standard InChI is InChI=1S/C50H50Cl2N6O6S2/c1-35-33-65-47(53-35)49(19-23-55(24-20-49)29-37-11-5-3-6-12-37)57(41-17-9-15-39(51)27-41)43(59)31-63-45(61)46(62)64-32-44(60)58(42-18-10-16-40(52)28-42)50(48-54-36(2)34-66-48)21-25-56(26-22-50)30-38-13-7-4-8-14-38/h3-18,27-28,33-34H,19-26,29-32H2,1-2H3. The second-order valence-corrected chi connectivity index (χ2v) is 19.3. The topological polar surface area (TPSA) is 125 Å². The average molecular weight is 966 g/mol. The molecule has 2 amide bonds. The summed E-state index contributed by atoms with van der Waals surface area (Å²) in [5, 5.41) is 6.22. The lowest BCUT2D eigenvalue weighted by Crippen LogP contribution is -2.57. The smallest absolute Gasteiger partial charge is 0.418 e. The van der Waals surface area contributed by atoms with Crippen molar-refractivity contribution in [1.82, 2.24) is 19.8 Å². The van der Waals surface area contributed by atoms with Crippen LogP contribution in [-0.2, 0) is 52.8 Å². The van der Waals surface area contributed by atoms with E-state index >= 15 is 0 Å². The van der Waals surface area contributed by atoms with Gasteiger partial charge < -0.3 is 9.47 Å². The Kier molecular flexibility index (Phi) is 15.0. The third kappa shape index (κ3) is 10.7. The molecular formula is C50H50Cl2N6O6S2. The van der Waals surface area contributed by atoms with Gasteiger partial charge in [0.05, 0.1) is 0 Å². The van der Waals surface area contributed by atoms with Crippen molar-refractivity contribution in [3.8, 4) is 0 Å². The van der Waals surface area contributed by atoms with Crippen molar-refractivity contribution < 1.29 is 28.7 Å². The minimum Gasteiger partial charge on any atom is -0.447 e. The zero-order valence-electron chi connectivity index (χ0n) is 36.7. The number of nitrogens with zero attached hydrogens (tertiary/aromatic N) is 6. The van der Waals surface area contributed by atoms with E-state index in [2.05, 4.69) is 34.1 Å². The van der Waals surface area contributed by atoms with Crippen molar-refractivity contribution in [2.24, 2.45) is 0 Å². The number of thiazole rings is 2. The van der Waals surface area contributed by atoms with Crippen LogP contribution in [0.4, 0.5) is 11.4 Å². The molecule has 0 bridgehead atoms. The van der Waals surface area contributed by atoms with Gasteiger partial charge in [0.15, 0.2) is 13.2 Å². The highest BCUT2D eigenvalue weighted by atomic mass is 35.5. The Balaban J connectivity index is 0.989. The van der Waals surface area contributed by atoms with E-state index in [1.807, 2.05) is 61.0 Å². The highest BCUT2D eigenvalue weighted by Crippen LogP contribution is 2.45. The maximum absolute atomic E-state index is 14.6. The molecule has 12 nitrogen and oxygen atoms in total. The molecule has 2 aromatic heterocycles. The predicted octanol–water partition coefficient (Wildman–Crippen LogP) is 9.36. The molecule has 0 unspecified atom stereocenters. The van der Waals surface area contributed by atoms with Crippen LogP contribution in [0.25, 0.3) is 0 Å². The maximum Gasteiger partial charge on any atom is 0.418 e. The van der Waals surface area contributed by atoms with Crippen molar-refractivity contribution in [1.29, 1.82) is 0 Å². The maximum atomic E-state index is 14.6. The fourth-order valence-corrected chi connectivity index (χ4v) is 11.5. The summed E-state index contributed by atoms with van der Waals surface area (Å²) in [7, 11) is 0. The summed E-state index contributed by atoms with van der Waals surface area (Å²) in [6.07, 6.45) is 2.11. The third-order valence-corrected chi connectivity index (χ3v) is 15.0. The normalized spacial score (nSPS) is 16.0. The second kappa shape index (κ2) is 21.0. The van der Waals surface area contributed by atoms with Crippen LogP contribution in [-0.4, -0.2) is 82.9 Å². The van der Waals surface area contributed by atoms with E-state index in [9.17, 15) is 19.2 Å². The number of hydrogen-bond acceptors (Lipinski definition) is 12. The summed E-state index contributed by atoms with van der Waals surface area (Å²) < 4.78 is 10.8. The summed E-state index contributed by atoms with van der Waals surface area (Å²) in [5.74, 6) is -3.98. The molecule has 2 saturated heterocycles. The van der Waals surface area contributed by atoms with E-state index in [1.54, 1.807) is 58.3 Å². The molecule has 342 valence electrons. The van der Waals surface area contributed by atoms with Crippen LogP contribution in [0.3, 0.4) is 0 Å². The molecule has 0 aliphatic carbocycles. The number of piperidine rings is 2. The van der Waals surface area contributed by atoms with Gasteiger partial charge >= 0.3 is 11.9 Å². The third-order valence-electron chi connectivity index (χ3n) is 12.2. The van der Waals surface area contributed by atoms with Crippen molar-refractivity contribution in [3.05, 3.63) is 163 Å². The molecule has 2 fully saturated rings. The number of esters is 2. The Morgan fingerprint density at radius 1 is 0.576 bits per heavy atom. The lowest BCUT2D eigenvalue weighted by atomic mass is 9.85. The van der Waals surface area contributed by atoms with E-state index in [1.165, 1.54) is 33.8 Å². The largest absolute Gasteiger partial charge is 0.447 e. The molecule has 8 rings (SSSR count). The summed E-state index contributed by atoms with van der Waals surface area (Å²) in [5.41, 5.74) is 3.17. The van der Waals surface area contributed by atoms with Gasteiger partial charge in [-0.25, -0.2) is 19.6 Å². The summed E-state index contributed by atoms with van der Waals surface area (Å²) in [6.45, 7) is 6.35. The molecule has 4 aromatic carbocycles. The number of aromatic nitrogens is 2. The van der Waals surface area contributed by atoms with E-state index in [-0.39, 0.29) is 0 Å². The van der Waals surface area contributed by atoms with Crippen LogP contribution >= 0.6 is 45.9 Å². The Hall–Kier alpha value is -5.48. The minimum absolute atomic E-state index is 0.416. The summed E-state index contributed by atoms with van der Waals surface area (Å²) >= 11 is 16.0. The number of carbonyl (C=O) groups is 4. The molecule has 16 heteroatoms. The molecule has 2 aliphatic heterocycles. The number of halogens is 2. The number of rotatable bonds is 14. The number of anilines is 2. The van der Waals surface area contributed by atoms with Crippen LogP contribution in [0.5, 0.6) is 0 Å². The van der Waals surface area contributed by atoms with Crippen LogP contribution in [0, 0.1) is 13.8 Å². The molecule has 4 heterocycles. The van der Waals surface area contributed by atoms with Crippen molar-refractivity contribution in [2.75, 3.05) is 49.2 Å². The predicted molar refractivity (Wildman–Crippen MR) is 259 cm³/mol. The number of benzene rings is 4. The van der Waals surface area contributed by atoms with Crippen molar-refractivity contribution in [2.45, 2.75) is 63.7 Å². The molecule has 0 atom stereocenters. The first-order valence-corrected chi connectivity index (χ1v) is 24.3. The zero-order chi connectivity index (χ0) is 46.3. The van der Waals surface area contributed by atoms with E-state index in [0.717, 1.165) is 34.5 Å². The number of amides is 2. The zero-order valence-corrected chi connectivity index (χ0v) is 39.9. The Bertz CT molecular complexity index is 2470. The first-order chi connectivity index (χ1) is 31.9. The molecule has 66 heavy (non-hydrogen) atoms. The highest BCUT2D eigenvalue weighted by Gasteiger charge is 2.49. The first-order valence-electron chi connectivity index (χ1n) is 21.8. The quantitative estimate of drug-likeness (QED) is 0.0771. The van der Waals surface area contributed by atoms with Gasteiger partial charge in [0.25, 0.3) is 11.8 Å². The number of ether oxygens (including phenoxy) is 2. The number of likely N-dealkylation sites (tertiary alicyclic amines) is 2. The summed E-state index contributed by atoms with van der Waals surface area (Å²) in [4.78, 5) is 73.7. The molecule has 2 aliphatic rings. The van der Waals surface area contributed by atoms with Gasteiger partial charge in [0, 0.05) is 82.8 Å². The van der Waals surface area contributed by atoms with Crippen LogP contribution in [0.1, 0.15) is 58.2 Å². The molecule has 0 spiro atoms. The van der Waals surface area contributed by atoms with Gasteiger partial charge in [-0.1, -0.05) is 96.0 Å². The van der Waals surface area contributed by atoms with Crippen LogP contribution in [0.15, 0.2) is 120 Å². The molecule has 6 aromatic rings. The van der Waals surface area contributed by atoms with E-state index < -0.39 is 48.0 Å². The first kappa shape index (κ1) is 47.0. The minimum atomic E-state index is -1.41. The highest BCUT2D eigenvalue weighted by molar-refractivity contribution is 7.10. The van der Waals surface area contributed by atoms with Crippen molar-refractivity contribution in [3.63, 3.8) is 0 Å². The molecule has 0 radical (unpaired) electrons. The molecular weight excluding hydrogens is 916 g/mol. The van der Waals surface area contributed by atoms with Crippen LogP contribution < -0.4 is 9.80 Å². The Morgan fingerprint density at radius 3 is 1.29 bits per heavy atom. The SMILES string of the molecule is Cc1csc(C2(N(C(=O)COC(=O)C(=O)OCC(=O)N(c3cccc(Cl)c3)C3(c4nc(C)cs4)CCN(Cc4ccccc4)CC3)c3cccc(Cl)c3)CCN(Cc3ccccc3)CC2)n1. The fraction of sp³-hybridized carbons (Fsp3) is 0.320. The number of hydrogen-bond donors (Lipinski definition) is 0.